The Morgan fingerprint density at radius 2 is 2.11 bits per heavy atom. The summed E-state index contributed by atoms with van der Waals surface area (Å²) in [6.07, 6.45) is 3.56. The summed E-state index contributed by atoms with van der Waals surface area (Å²) in [6.45, 7) is 3.74. The van der Waals surface area contributed by atoms with E-state index in [1.54, 1.807) is 11.2 Å². The number of furan rings is 1. The maximum atomic E-state index is 12.1. The zero-order valence-electron chi connectivity index (χ0n) is 10.5. The number of carbonyl (C=O) groups excluding carboxylic acids is 1. The van der Waals surface area contributed by atoms with Gasteiger partial charge < -0.3 is 9.15 Å². The molecule has 0 aliphatic carbocycles. The van der Waals surface area contributed by atoms with Gasteiger partial charge in [-0.2, -0.15) is 0 Å². The number of fused-ring (bicyclic) bond motifs is 2. The first-order valence-electron chi connectivity index (χ1n) is 6.63. The zero-order chi connectivity index (χ0) is 13.0. The van der Waals surface area contributed by atoms with Crippen molar-refractivity contribution in [3.05, 3.63) is 16.8 Å². The van der Waals surface area contributed by atoms with Crippen molar-refractivity contribution in [1.29, 1.82) is 0 Å². The number of halogens is 1. The van der Waals surface area contributed by atoms with E-state index in [-0.39, 0.29) is 11.7 Å². The molecule has 2 bridgehead atoms. The second-order valence-electron chi connectivity index (χ2n) is 5.67. The van der Waals surface area contributed by atoms with Crippen molar-refractivity contribution < 1.29 is 13.9 Å². The summed E-state index contributed by atoms with van der Waals surface area (Å²) in [5, 5.41) is 0. The number of hydrogen-bond donors (Lipinski definition) is 0. The molecule has 1 amide bonds. The molecule has 1 atom stereocenters. The highest BCUT2D eigenvalue weighted by molar-refractivity contribution is 9.10. The van der Waals surface area contributed by atoms with Gasteiger partial charge >= 0.3 is 6.09 Å². The second-order valence-corrected chi connectivity index (χ2v) is 6.59. The lowest BCUT2D eigenvalue weighted by Gasteiger charge is -2.49. The lowest BCUT2D eigenvalue weighted by molar-refractivity contribution is -0.0881. The molecule has 1 unspecified atom stereocenters. The molecule has 1 aromatic heterocycles. The fourth-order valence-electron chi connectivity index (χ4n) is 3.63. The fraction of sp³-hybridized carbons (Fsp3) is 0.615. The van der Waals surface area contributed by atoms with Crippen molar-refractivity contribution in [1.82, 2.24) is 4.90 Å². The zero-order valence-corrected chi connectivity index (χ0v) is 12.1. The van der Waals surface area contributed by atoms with Crippen LogP contribution in [0.4, 0.5) is 10.7 Å². The largest absolute Gasteiger partial charge is 0.447 e. The number of amides is 1. The number of piperidine rings is 3. The van der Waals surface area contributed by atoms with Crippen molar-refractivity contribution in [2.75, 3.05) is 31.1 Å². The second kappa shape index (κ2) is 3.99. The summed E-state index contributed by atoms with van der Waals surface area (Å²) < 4.78 is 12.0. The monoisotopic (exact) mass is 326 g/mol. The van der Waals surface area contributed by atoms with Crippen LogP contribution in [-0.4, -0.2) is 42.8 Å². The van der Waals surface area contributed by atoms with Crippen LogP contribution in [-0.2, 0) is 4.74 Å². The molecule has 4 aliphatic rings. The molecule has 4 aliphatic heterocycles. The molecule has 102 valence electrons. The highest BCUT2D eigenvalue weighted by atomic mass is 79.9. The minimum absolute atomic E-state index is 0.282. The van der Waals surface area contributed by atoms with Crippen molar-refractivity contribution in [3.63, 3.8) is 0 Å². The van der Waals surface area contributed by atoms with E-state index in [4.69, 9.17) is 9.15 Å². The molecule has 5 rings (SSSR count). The van der Waals surface area contributed by atoms with Crippen LogP contribution in [0.5, 0.6) is 0 Å². The lowest BCUT2D eigenvalue weighted by atomic mass is 9.75. The van der Waals surface area contributed by atoms with Crippen LogP contribution < -0.4 is 4.90 Å². The smallest absolute Gasteiger partial charge is 0.417 e. The number of rotatable bonds is 1. The van der Waals surface area contributed by atoms with Crippen LogP contribution in [0.3, 0.4) is 0 Å². The molecule has 0 aromatic carbocycles. The van der Waals surface area contributed by atoms with Crippen LogP contribution in [0, 0.1) is 5.92 Å². The minimum atomic E-state index is -0.327. The molecule has 1 aromatic rings. The first-order chi connectivity index (χ1) is 9.16. The highest BCUT2D eigenvalue weighted by Gasteiger charge is 2.56. The number of anilines is 1. The van der Waals surface area contributed by atoms with Gasteiger partial charge in [-0.15, -0.1) is 0 Å². The molecule has 4 fully saturated rings. The van der Waals surface area contributed by atoms with E-state index in [0.717, 1.165) is 36.9 Å². The SMILES string of the molecule is O=C1OC2(CN3CCC2CC3)CN1c1cc(Br)co1. The third kappa shape index (κ3) is 1.73. The van der Waals surface area contributed by atoms with Crippen LogP contribution >= 0.6 is 15.9 Å². The van der Waals surface area contributed by atoms with Crippen LogP contribution in [0.2, 0.25) is 0 Å². The topological polar surface area (TPSA) is 45.9 Å². The standard InChI is InChI=1S/C13H15BrN2O3/c14-10-5-11(18-6-10)16-8-13(19-12(16)17)7-15-3-1-9(13)2-4-15/h5-6,9H,1-4,7-8H2. The average Bonchev–Trinajstić information content (AvgIpc) is 2.95. The molecule has 1 spiro atoms. The van der Waals surface area contributed by atoms with E-state index in [0.29, 0.717) is 18.3 Å². The van der Waals surface area contributed by atoms with Gasteiger partial charge in [-0.3, -0.25) is 4.90 Å². The molecule has 0 saturated carbocycles. The van der Waals surface area contributed by atoms with Gasteiger partial charge in [0.05, 0.1) is 11.0 Å². The normalized spacial score (nSPS) is 37.1. The summed E-state index contributed by atoms with van der Waals surface area (Å²) in [7, 11) is 0. The Balaban J connectivity index is 1.63. The summed E-state index contributed by atoms with van der Waals surface area (Å²) in [6, 6.07) is 1.81. The van der Waals surface area contributed by atoms with Crippen molar-refractivity contribution in [2.45, 2.75) is 18.4 Å². The van der Waals surface area contributed by atoms with E-state index in [9.17, 15) is 4.79 Å². The van der Waals surface area contributed by atoms with Gasteiger partial charge in [0.1, 0.15) is 11.9 Å². The molecule has 5 nitrogen and oxygen atoms in total. The fourth-order valence-corrected chi connectivity index (χ4v) is 3.91. The third-order valence-electron chi connectivity index (χ3n) is 4.58. The number of carbonyl (C=O) groups is 1. The van der Waals surface area contributed by atoms with E-state index in [2.05, 4.69) is 20.8 Å². The quantitative estimate of drug-likeness (QED) is 0.795. The first-order valence-corrected chi connectivity index (χ1v) is 7.42. The maximum absolute atomic E-state index is 12.1. The predicted molar refractivity (Wildman–Crippen MR) is 72.1 cm³/mol. The Labute approximate surface area is 119 Å². The average molecular weight is 327 g/mol. The third-order valence-corrected chi connectivity index (χ3v) is 5.00. The number of hydrogen-bond acceptors (Lipinski definition) is 4. The summed E-state index contributed by atoms with van der Waals surface area (Å²) >= 11 is 3.34. The molecule has 0 radical (unpaired) electrons. The summed E-state index contributed by atoms with van der Waals surface area (Å²) in [5.41, 5.74) is -0.327. The Hall–Kier alpha value is -1.01. The molecule has 5 heterocycles. The predicted octanol–water partition coefficient (Wildman–Crippen LogP) is 2.46. The van der Waals surface area contributed by atoms with Crippen molar-refractivity contribution in [3.8, 4) is 0 Å². The minimum Gasteiger partial charge on any atom is -0.447 e. The molecule has 6 heteroatoms. The van der Waals surface area contributed by atoms with Crippen molar-refractivity contribution >= 4 is 27.9 Å². The Morgan fingerprint density at radius 3 is 2.68 bits per heavy atom. The Bertz CT molecular complexity index is 524. The van der Waals surface area contributed by atoms with Crippen LogP contribution in [0.1, 0.15) is 12.8 Å². The summed E-state index contributed by atoms with van der Waals surface area (Å²) in [5.74, 6) is 1.05. The van der Waals surface area contributed by atoms with E-state index in [1.165, 1.54) is 0 Å². The van der Waals surface area contributed by atoms with Crippen molar-refractivity contribution in [2.24, 2.45) is 5.92 Å². The van der Waals surface area contributed by atoms with E-state index < -0.39 is 0 Å². The number of nitrogens with zero attached hydrogens (tertiary/aromatic N) is 2. The van der Waals surface area contributed by atoms with Gasteiger partial charge in [0.15, 0.2) is 0 Å². The van der Waals surface area contributed by atoms with Crippen LogP contribution in [0.25, 0.3) is 0 Å². The molecular formula is C13H15BrN2O3. The Kier molecular flexibility index (Phi) is 2.48. The van der Waals surface area contributed by atoms with E-state index in [1.807, 2.05) is 6.07 Å². The lowest BCUT2D eigenvalue weighted by Crippen LogP contribution is -2.61. The van der Waals surface area contributed by atoms with E-state index >= 15 is 0 Å². The number of ether oxygens (including phenoxy) is 1. The van der Waals surface area contributed by atoms with Gasteiger partial charge in [-0.1, -0.05) is 0 Å². The van der Waals surface area contributed by atoms with Gasteiger partial charge in [0.25, 0.3) is 0 Å². The molecular weight excluding hydrogens is 312 g/mol. The highest BCUT2D eigenvalue weighted by Crippen LogP contribution is 2.43. The first kappa shape index (κ1) is 11.8. The van der Waals surface area contributed by atoms with Gasteiger partial charge in [0.2, 0.25) is 5.88 Å². The maximum Gasteiger partial charge on any atom is 0.417 e. The molecule has 0 N–H and O–H groups in total. The molecule has 4 saturated heterocycles. The van der Waals surface area contributed by atoms with Gasteiger partial charge in [-0.25, -0.2) is 9.69 Å². The van der Waals surface area contributed by atoms with Gasteiger partial charge in [-0.05, 0) is 41.9 Å². The van der Waals surface area contributed by atoms with Gasteiger partial charge in [0, 0.05) is 18.5 Å². The van der Waals surface area contributed by atoms with Crippen LogP contribution in [0.15, 0.2) is 21.2 Å². The summed E-state index contributed by atoms with van der Waals surface area (Å²) in [4.78, 5) is 16.2. The Morgan fingerprint density at radius 1 is 1.32 bits per heavy atom. The molecule has 19 heavy (non-hydrogen) atoms.